The summed E-state index contributed by atoms with van der Waals surface area (Å²) in [5, 5.41) is 3.46. The standard InChI is InChI=1S/C11H23NO2/c1-4-5-12-9(2)6-10(3)14-11-7-13-8-11/h9-12H,4-8H2,1-3H3. The molecule has 14 heavy (non-hydrogen) atoms. The van der Waals surface area contributed by atoms with Crippen LogP contribution in [0.5, 0.6) is 0 Å². The van der Waals surface area contributed by atoms with E-state index in [0.29, 0.717) is 18.2 Å². The minimum atomic E-state index is 0.336. The molecule has 84 valence electrons. The highest BCUT2D eigenvalue weighted by atomic mass is 16.6. The molecule has 0 aliphatic carbocycles. The molecule has 2 atom stereocenters. The van der Waals surface area contributed by atoms with E-state index in [1.807, 2.05) is 0 Å². The molecule has 1 aliphatic heterocycles. The van der Waals surface area contributed by atoms with Crippen LogP contribution in [0.1, 0.15) is 33.6 Å². The van der Waals surface area contributed by atoms with E-state index in [9.17, 15) is 0 Å². The molecule has 3 nitrogen and oxygen atoms in total. The third-order valence-electron chi connectivity index (χ3n) is 2.46. The maximum absolute atomic E-state index is 5.77. The summed E-state index contributed by atoms with van der Waals surface area (Å²) < 4.78 is 10.8. The van der Waals surface area contributed by atoms with E-state index in [1.54, 1.807) is 0 Å². The second kappa shape index (κ2) is 6.38. The van der Waals surface area contributed by atoms with Gasteiger partial charge in [-0.2, -0.15) is 0 Å². The van der Waals surface area contributed by atoms with Gasteiger partial charge in [0.2, 0.25) is 0 Å². The van der Waals surface area contributed by atoms with E-state index >= 15 is 0 Å². The molecule has 0 amide bonds. The average molecular weight is 201 g/mol. The fourth-order valence-corrected chi connectivity index (χ4v) is 1.65. The minimum absolute atomic E-state index is 0.336. The van der Waals surface area contributed by atoms with Gasteiger partial charge in [-0.3, -0.25) is 0 Å². The number of rotatable bonds is 7. The zero-order valence-electron chi connectivity index (χ0n) is 9.58. The molecule has 2 unspecified atom stereocenters. The molecule has 1 aliphatic rings. The molecule has 1 N–H and O–H groups in total. The molecule has 0 saturated carbocycles. The Bertz CT molecular complexity index is 148. The Morgan fingerprint density at radius 1 is 1.43 bits per heavy atom. The van der Waals surface area contributed by atoms with Crippen molar-refractivity contribution in [2.45, 2.75) is 51.9 Å². The van der Waals surface area contributed by atoms with E-state index in [1.165, 1.54) is 6.42 Å². The van der Waals surface area contributed by atoms with Crippen molar-refractivity contribution in [2.24, 2.45) is 0 Å². The van der Waals surface area contributed by atoms with Crippen molar-refractivity contribution >= 4 is 0 Å². The first-order valence-corrected chi connectivity index (χ1v) is 5.69. The van der Waals surface area contributed by atoms with Crippen LogP contribution >= 0.6 is 0 Å². The summed E-state index contributed by atoms with van der Waals surface area (Å²) in [5.41, 5.74) is 0. The van der Waals surface area contributed by atoms with Gasteiger partial charge in [0.25, 0.3) is 0 Å². The molecule has 0 aromatic rings. The number of ether oxygens (including phenoxy) is 2. The highest BCUT2D eigenvalue weighted by molar-refractivity contribution is 4.70. The third-order valence-corrected chi connectivity index (χ3v) is 2.46. The zero-order valence-corrected chi connectivity index (χ0v) is 9.58. The molecule has 1 fully saturated rings. The van der Waals surface area contributed by atoms with Crippen LogP contribution < -0.4 is 5.32 Å². The molecule has 1 saturated heterocycles. The van der Waals surface area contributed by atoms with E-state index in [2.05, 4.69) is 26.1 Å². The monoisotopic (exact) mass is 201 g/mol. The van der Waals surface area contributed by atoms with Crippen molar-refractivity contribution < 1.29 is 9.47 Å². The normalized spacial score (nSPS) is 21.6. The van der Waals surface area contributed by atoms with Crippen molar-refractivity contribution in [3.05, 3.63) is 0 Å². The fraction of sp³-hybridized carbons (Fsp3) is 1.00. The second-order valence-electron chi connectivity index (χ2n) is 4.20. The maximum Gasteiger partial charge on any atom is 0.104 e. The predicted molar refractivity (Wildman–Crippen MR) is 57.5 cm³/mol. The summed E-state index contributed by atoms with van der Waals surface area (Å²) in [4.78, 5) is 0. The van der Waals surface area contributed by atoms with Crippen LogP contribution in [-0.2, 0) is 9.47 Å². The molecule has 0 bridgehead atoms. The van der Waals surface area contributed by atoms with Gasteiger partial charge in [-0.15, -0.1) is 0 Å². The van der Waals surface area contributed by atoms with Gasteiger partial charge in [0.1, 0.15) is 6.10 Å². The highest BCUT2D eigenvalue weighted by Crippen LogP contribution is 2.11. The minimum Gasteiger partial charge on any atom is -0.376 e. The lowest BCUT2D eigenvalue weighted by Gasteiger charge is -2.30. The summed E-state index contributed by atoms with van der Waals surface area (Å²) in [7, 11) is 0. The van der Waals surface area contributed by atoms with Crippen LogP contribution in [0.3, 0.4) is 0 Å². The van der Waals surface area contributed by atoms with Crippen molar-refractivity contribution in [1.82, 2.24) is 5.32 Å². The van der Waals surface area contributed by atoms with Crippen LogP contribution in [0.25, 0.3) is 0 Å². The van der Waals surface area contributed by atoms with Crippen LogP contribution in [0.15, 0.2) is 0 Å². The van der Waals surface area contributed by atoms with Gasteiger partial charge in [0.05, 0.1) is 19.3 Å². The topological polar surface area (TPSA) is 30.5 Å². The lowest BCUT2D eigenvalue weighted by molar-refractivity contribution is -0.152. The van der Waals surface area contributed by atoms with Gasteiger partial charge in [-0.1, -0.05) is 6.92 Å². The molecular weight excluding hydrogens is 178 g/mol. The van der Waals surface area contributed by atoms with Crippen molar-refractivity contribution in [1.29, 1.82) is 0 Å². The van der Waals surface area contributed by atoms with E-state index in [0.717, 1.165) is 26.2 Å². The Hall–Kier alpha value is -0.120. The Morgan fingerprint density at radius 2 is 2.14 bits per heavy atom. The van der Waals surface area contributed by atoms with Gasteiger partial charge < -0.3 is 14.8 Å². The van der Waals surface area contributed by atoms with E-state index in [4.69, 9.17) is 9.47 Å². The van der Waals surface area contributed by atoms with Gasteiger partial charge in [-0.05, 0) is 33.2 Å². The Kier molecular flexibility index (Phi) is 5.45. The van der Waals surface area contributed by atoms with Crippen molar-refractivity contribution in [3.63, 3.8) is 0 Å². The molecule has 0 aromatic heterocycles. The van der Waals surface area contributed by atoms with Gasteiger partial charge in [0.15, 0.2) is 0 Å². The largest absolute Gasteiger partial charge is 0.376 e. The highest BCUT2D eigenvalue weighted by Gasteiger charge is 2.22. The summed E-state index contributed by atoms with van der Waals surface area (Å²) in [6.07, 6.45) is 2.96. The second-order valence-corrected chi connectivity index (χ2v) is 4.20. The van der Waals surface area contributed by atoms with Crippen LogP contribution in [0.4, 0.5) is 0 Å². The summed E-state index contributed by atoms with van der Waals surface area (Å²) in [5.74, 6) is 0. The van der Waals surface area contributed by atoms with Gasteiger partial charge in [-0.25, -0.2) is 0 Å². The van der Waals surface area contributed by atoms with Crippen LogP contribution in [-0.4, -0.2) is 38.0 Å². The Labute approximate surface area is 87.2 Å². The average Bonchev–Trinajstić information content (AvgIpc) is 2.08. The van der Waals surface area contributed by atoms with Gasteiger partial charge >= 0.3 is 0 Å². The Morgan fingerprint density at radius 3 is 2.64 bits per heavy atom. The quantitative estimate of drug-likeness (QED) is 0.678. The number of hydrogen-bond donors (Lipinski definition) is 1. The Balaban J connectivity index is 2.02. The number of hydrogen-bond acceptors (Lipinski definition) is 3. The zero-order chi connectivity index (χ0) is 10.4. The third kappa shape index (κ3) is 4.40. The number of nitrogens with one attached hydrogen (secondary N) is 1. The summed E-state index contributed by atoms with van der Waals surface area (Å²) in [6, 6.07) is 0.547. The van der Waals surface area contributed by atoms with Gasteiger partial charge in [0, 0.05) is 6.04 Å². The van der Waals surface area contributed by atoms with Crippen LogP contribution in [0, 0.1) is 0 Å². The molecule has 1 rings (SSSR count). The summed E-state index contributed by atoms with van der Waals surface area (Å²) >= 11 is 0. The molecular formula is C11H23NO2. The maximum atomic E-state index is 5.77. The molecule has 3 heteroatoms. The first kappa shape index (κ1) is 12.0. The SMILES string of the molecule is CCCNC(C)CC(C)OC1COC1. The predicted octanol–water partition coefficient (Wildman–Crippen LogP) is 1.57. The molecule has 0 spiro atoms. The molecule has 0 aromatic carbocycles. The van der Waals surface area contributed by atoms with Crippen molar-refractivity contribution in [2.75, 3.05) is 19.8 Å². The smallest absolute Gasteiger partial charge is 0.104 e. The lowest BCUT2D eigenvalue weighted by atomic mass is 10.1. The molecule has 1 heterocycles. The first-order valence-electron chi connectivity index (χ1n) is 5.69. The fourth-order valence-electron chi connectivity index (χ4n) is 1.65. The van der Waals surface area contributed by atoms with Crippen LogP contribution in [0.2, 0.25) is 0 Å². The lowest BCUT2D eigenvalue weighted by Crippen LogP contribution is -2.40. The van der Waals surface area contributed by atoms with Crippen molar-refractivity contribution in [3.8, 4) is 0 Å². The van der Waals surface area contributed by atoms with E-state index < -0.39 is 0 Å². The molecule has 0 radical (unpaired) electrons. The first-order chi connectivity index (χ1) is 6.72. The van der Waals surface area contributed by atoms with E-state index in [-0.39, 0.29) is 0 Å². The summed E-state index contributed by atoms with van der Waals surface area (Å²) in [6.45, 7) is 9.20.